The van der Waals surface area contributed by atoms with E-state index in [0.29, 0.717) is 0 Å². The van der Waals surface area contributed by atoms with Gasteiger partial charge in [0.2, 0.25) is 5.82 Å². The first-order chi connectivity index (χ1) is 5.77. The summed E-state index contributed by atoms with van der Waals surface area (Å²) in [6.07, 6.45) is 4.21. The third-order valence-electron chi connectivity index (χ3n) is 1.54. The number of carbonyl (C=O) groups excluding carboxylic acids is 1. The molecule has 0 aromatic carbocycles. The largest absolute Gasteiger partial charge is 0.352 e. The van der Waals surface area contributed by atoms with E-state index in [9.17, 15) is 4.79 Å². The van der Waals surface area contributed by atoms with Gasteiger partial charge in [0, 0.05) is 19.4 Å². The van der Waals surface area contributed by atoms with Gasteiger partial charge in [0.05, 0.1) is 0 Å². The summed E-state index contributed by atoms with van der Waals surface area (Å²) in [6.45, 7) is 2.01. The molecular weight excluding hydrogens is 154 g/mol. The van der Waals surface area contributed by atoms with Crippen LogP contribution in [0.25, 0.3) is 0 Å². The Morgan fingerprint density at radius 1 is 1.50 bits per heavy atom. The standard InChI is InChI=1S/C8H11N3O/c1-3-6-4-10-7(11-5-6)8(12)9-2/h4-5H,3H2,1-2H3,(H,9,12). The van der Waals surface area contributed by atoms with Crippen LogP contribution in [0.2, 0.25) is 0 Å². The van der Waals surface area contributed by atoms with Gasteiger partial charge in [0.15, 0.2) is 0 Å². The molecule has 0 fully saturated rings. The first-order valence-electron chi connectivity index (χ1n) is 3.81. The molecule has 1 aromatic rings. The fraction of sp³-hybridized carbons (Fsp3) is 0.375. The van der Waals surface area contributed by atoms with Crippen LogP contribution in [-0.4, -0.2) is 22.9 Å². The van der Waals surface area contributed by atoms with Gasteiger partial charge >= 0.3 is 0 Å². The molecule has 0 saturated carbocycles. The fourth-order valence-corrected chi connectivity index (χ4v) is 0.766. The summed E-state index contributed by atoms with van der Waals surface area (Å²) < 4.78 is 0. The van der Waals surface area contributed by atoms with E-state index in [1.165, 1.54) is 0 Å². The van der Waals surface area contributed by atoms with Crippen molar-refractivity contribution in [1.82, 2.24) is 15.3 Å². The van der Waals surface area contributed by atoms with E-state index in [1.54, 1.807) is 19.4 Å². The molecular formula is C8H11N3O. The van der Waals surface area contributed by atoms with Crippen molar-refractivity contribution < 1.29 is 4.79 Å². The molecule has 0 saturated heterocycles. The van der Waals surface area contributed by atoms with Crippen LogP contribution in [0.15, 0.2) is 12.4 Å². The number of carbonyl (C=O) groups is 1. The maximum atomic E-state index is 11.0. The van der Waals surface area contributed by atoms with Crippen LogP contribution in [0, 0.1) is 0 Å². The summed E-state index contributed by atoms with van der Waals surface area (Å²) in [7, 11) is 1.55. The van der Waals surface area contributed by atoms with Gasteiger partial charge in [-0.05, 0) is 12.0 Å². The Balaban J connectivity index is 2.84. The monoisotopic (exact) mass is 165 g/mol. The predicted octanol–water partition coefficient (Wildman–Crippen LogP) is 0.399. The average molecular weight is 165 g/mol. The van der Waals surface area contributed by atoms with Crippen LogP contribution in [0.1, 0.15) is 23.1 Å². The lowest BCUT2D eigenvalue weighted by atomic mass is 10.3. The van der Waals surface area contributed by atoms with E-state index in [-0.39, 0.29) is 11.7 Å². The number of hydrogen-bond donors (Lipinski definition) is 1. The van der Waals surface area contributed by atoms with Gasteiger partial charge in [-0.25, -0.2) is 9.97 Å². The van der Waals surface area contributed by atoms with Crippen molar-refractivity contribution >= 4 is 5.91 Å². The first kappa shape index (κ1) is 8.64. The van der Waals surface area contributed by atoms with Crippen LogP contribution in [0.3, 0.4) is 0 Å². The molecule has 1 heterocycles. The number of rotatable bonds is 2. The second kappa shape index (κ2) is 3.80. The second-order valence-corrected chi connectivity index (χ2v) is 2.35. The smallest absolute Gasteiger partial charge is 0.288 e. The number of aromatic nitrogens is 2. The predicted molar refractivity (Wildman–Crippen MR) is 44.8 cm³/mol. The topological polar surface area (TPSA) is 54.9 Å². The summed E-state index contributed by atoms with van der Waals surface area (Å²) in [5.41, 5.74) is 1.03. The molecule has 0 radical (unpaired) electrons. The lowest BCUT2D eigenvalue weighted by Gasteiger charge is -1.98. The van der Waals surface area contributed by atoms with Crippen molar-refractivity contribution in [2.45, 2.75) is 13.3 Å². The molecule has 0 unspecified atom stereocenters. The minimum Gasteiger partial charge on any atom is -0.352 e. The van der Waals surface area contributed by atoms with Gasteiger partial charge < -0.3 is 5.32 Å². The van der Waals surface area contributed by atoms with Crippen LogP contribution in [0.4, 0.5) is 0 Å². The normalized spacial score (nSPS) is 9.50. The Kier molecular flexibility index (Phi) is 2.74. The van der Waals surface area contributed by atoms with E-state index in [2.05, 4.69) is 15.3 Å². The minimum atomic E-state index is -0.252. The van der Waals surface area contributed by atoms with Crippen LogP contribution < -0.4 is 5.32 Å². The van der Waals surface area contributed by atoms with Crippen molar-refractivity contribution in [3.8, 4) is 0 Å². The van der Waals surface area contributed by atoms with Gasteiger partial charge in [-0.3, -0.25) is 4.79 Å². The molecule has 1 amide bonds. The van der Waals surface area contributed by atoms with Gasteiger partial charge in [-0.2, -0.15) is 0 Å². The minimum absolute atomic E-state index is 0.217. The maximum Gasteiger partial charge on any atom is 0.288 e. The van der Waals surface area contributed by atoms with Crippen LogP contribution in [0.5, 0.6) is 0 Å². The molecule has 4 nitrogen and oxygen atoms in total. The van der Waals surface area contributed by atoms with E-state index >= 15 is 0 Å². The Labute approximate surface area is 71.0 Å². The molecule has 4 heteroatoms. The van der Waals surface area contributed by atoms with E-state index in [0.717, 1.165) is 12.0 Å². The fourth-order valence-electron chi connectivity index (χ4n) is 0.766. The Hall–Kier alpha value is -1.45. The SMILES string of the molecule is CCc1cnc(C(=O)NC)nc1. The zero-order valence-electron chi connectivity index (χ0n) is 7.16. The Morgan fingerprint density at radius 3 is 2.50 bits per heavy atom. The van der Waals surface area contributed by atoms with Crippen molar-refractivity contribution in [3.05, 3.63) is 23.8 Å². The summed E-state index contributed by atoms with van der Waals surface area (Å²) in [5, 5.41) is 2.45. The highest BCUT2D eigenvalue weighted by atomic mass is 16.2. The molecule has 0 atom stereocenters. The maximum absolute atomic E-state index is 11.0. The third-order valence-corrected chi connectivity index (χ3v) is 1.54. The van der Waals surface area contributed by atoms with Gasteiger partial charge in [0.25, 0.3) is 5.91 Å². The number of amides is 1. The molecule has 1 rings (SSSR count). The van der Waals surface area contributed by atoms with Crippen molar-refractivity contribution in [2.24, 2.45) is 0 Å². The van der Waals surface area contributed by atoms with Gasteiger partial charge in [-0.15, -0.1) is 0 Å². The molecule has 0 aliphatic carbocycles. The summed E-state index contributed by atoms with van der Waals surface area (Å²) in [6, 6.07) is 0. The summed E-state index contributed by atoms with van der Waals surface area (Å²) in [5.74, 6) is -0.0349. The molecule has 1 N–H and O–H groups in total. The van der Waals surface area contributed by atoms with Crippen molar-refractivity contribution in [3.63, 3.8) is 0 Å². The Bertz CT molecular complexity index is 268. The van der Waals surface area contributed by atoms with E-state index in [1.807, 2.05) is 6.92 Å². The highest BCUT2D eigenvalue weighted by molar-refractivity contribution is 5.89. The van der Waals surface area contributed by atoms with Gasteiger partial charge in [0.1, 0.15) is 0 Å². The van der Waals surface area contributed by atoms with Crippen LogP contribution >= 0.6 is 0 Å². The number of nitrogens with one attached hydrogen (secondary N) is 1. The summed E-state index contributed by atoms with van der Waals surface area (Å²) in [4.78, 5) is 18.8. The van der Waals surface area contributed by atoms with E-state index in [4.69, 9.17) is 0 Å². The first-order valence-corrected chi connectivity index (χ1v) is 3.81. The van der Waals surface area contributed by atoms with Crippen LogP contribution in [-0.2, 0) is 6.42 Å². The van der Waals surface area contributed by atoms with Crippen molar-refractivity contribution in [1.29, 1.82) is 0 Å². The third kappa shape index (κ3) is 1.78. The second-order valence-electron chi connectivity index (χ2n) is 2.35. The lowest BCUT2D eigenvalue weighted by molar-refractivity contribution is 0.0952. The zero-order chi connectivity index (χ0) is 8.97. The number of aryl methyl sites for hydroxylation is 1. The van der Waals surface area contributed by atoms with Gasteiger partial charge in [-0.1, -0.05) is 6.92 Å². The highest BCUT2D eigenvalue weighted by Gasteiger charge is 2.04. The van der Waals surface area contributed by atoms with E-state index < -0.39 is 0 Å². The Morgan fingerprint density at radius 2 is 2.08 bits per heavy atom. The zero-order valence-corrected chi connectivity index (χ0v) is 7.16. The number of nitrogens with zero attached hydrogens (tertiary/aromatic N) is 2. The van der Waals surface area contributed by atoms with Crippen molar-refractivity contribution in [2.75, 3.05) is 7.05 Å². The molecule has 64 valence electrons. The number of hydrogen-bond acceptors (Lipinski definition) is 3. The average Bonchev–Trinajstić information content (AvgIpc) is 2.17. The molecule has 0 aliphatic heterocycles. The molecule has 0 spiro atoms. The molecule has 0 bridgehead atoms. The molecule has 1 aromatic heterocycles. The molecule has 0 aliphatic rings. The highest BCUT2D eigenvalue weighted by Crippen LogP contribution is 1.96. The summed E-state index contributed by atoms with van der Waals surface area (Å²) >= 11 is 0. The lowest BCUT2D eigenvalue weighted by Crippen LogP contribution is -2.20. The molecule has 12 heavy (non-hydrogen) atoms. The quantitative estimate of drug-likeness (QED) is 0.690.